The Hall–Kier alpha value is -1.85. The molecule has 0 spiro atoms. The van der Waals surface area contributed by atoms with Crippen molar-refractivity contribution in [1.29, 1.82) is 0 Å². The summed E-state index contributed by atoms with van der Waals surface area (Å²) < 4.78 is 5.76. The molecule has 1 fully saturated rings. The molecule has 3 rings (SSSR count). The van der Waals surface area contributed by atoms with Crippen LogP contribution in [0.15, 0.2) is 30.5 Å². The molecule has 5 heteroatoms. The highest BCUT2D eigenvalue weighted by Crippen LogP contribution is 2.19. The number of carbonyl (C=O) groups excluding carboxylic acids is 1. The fraction of sp³-hybridized carbons (Fsp3) is 0.591. The second kappa shape index (κ2) is 9.90. The van der Waals surface area contributed by atoms with Gasteiger partial charge in [-0.2, -0.15) is 0 Å². The molecule has 27 heavy (non-hydrogen) atoms. The Morgan fingerprint density at radius 3 is 2.78 bits per heavy atom. The number of aromatic amines is 1. The van der Waals surface area contributed by atoms with E-state index >= 15 is 0 Å². The van der Waals surface area contributed by atoms with Gasteiger partial charge in [0.25, 0.3) is 0 Å². The molecule has 5 nitrogen and oxygen atoms in total. The molecule has 0 saturated carbocycles. The van der Waals surface area contributed by atoms with Gasteiger partial charge in [-0.05, 0) is 57.7 Å². The average Bonchev–Trinajstić information content (AvgIpc) is 3.04. The van der Waals surface area contributed by atoms with Crippen molar-refractivity contribution in [3.8, 4) is 0 Å². The van der Waals surface area contributed by atoms with Crippen LogP contribution in [0.3, 0.4) is 0 Å². The lowest BCUT2D eigenvalue weighted by Crippen LogP contribution is -2.45. The number of rotatable bonds is 9. The van der Waals surface area contributed by atoms with E-state index in [-0.39, 0.29) is 5.91 Å². The Balaban J connectivity index is 1.26. The first-order valence-electron chi connectivity index (χ1n) is 10.3. The van der Waals surface area contributed by atoms with Crippen molar-refractivity contribution in [3.63, 3.8) is 0 Å². The van der Waals surface area contributed by atoms with Gasteiger partial charge in [0.05, 0.1) is 12.2 Å². The summed E-state index contributed by atoms with van der Waals surface area (Å²) in [5, 5.41) is 4.33. The summed E-state index contributed by atoms with van der Waals surface area (Å²) in [5.74, 6) is 0.170. The molecule has 2 aromatic rings. The van der Waals surface area contributed by atoms with E-state index in [0.29, 0.717) is 18.6 Å². The van der Waals surface area contributed by atoms with Gasteiger partial charge in [0.2, 0.25) is 5.91 Å². The van der Waals surface area contributed by atoms with Crippen molar-refractivity contribution in [2.24, 2.45) is 0 Å². The van der Waals surface area contributed by atoms with E-state index in [1.54, 1.807) is 0 Å². The van der Waals surface area contributed by atoms with E-state index in [1.165, 1.54) is 16.5 Å². The molecule has 2 heterocycles. The highest BCUT2D eigenvalue weighted by Gasteiger charge is 2.21. The predicted molar refractivity (Wildman–Crippen MR) is 110 cm³/mol. The summed E-state index contributed by atoms with van der Waals surface area (Å²) in [6.07, 6.45) is 7.29. The van der Waals surface area contributed by atoms with Gasteiger partial charge in [-0.25, -0.2) is 0 Å². The van der Waals surface area contributed by atoms with Crippen LogP contribution in [-0.2, 0) is 16.0 Å². The molecule has 1 saturated heterocycles. The van der Waals surface area contributed by atoms with Crippen molar-refractivity contribution in [3.05, 3.63) is 36.0 Å². The van der Waals surface area contributed by atoms with Crippen LogP contribution in [-0.4, -0.2) is 54.2 Å². The topological polar surface area (TPSA) is 57.4 Å². The van der Waals surface area contributed by atoms with Crippen molar-refractivity contribution >= 4 is 16.8 Å². The summed E-state index contributed by atoms with van der Waals surface area (Å²) in [6.45, 7) is 8.18. The standard InChI is InChI=1S/C22H33N3O2/c1-17-15-25(16-18(2)27-17)13-6-5-12-23-22(26)11-7-8-19-14-24-21-10-4-3-9-20(19)21/h3-4,9-10,14,17-18,24H,5-8,11-13,15-16H2,1-2H3,(H,23,26)/t17-,18+. The normalized spacial score (nSPS) is 20.8. The molecule has 148 valence electrons. The number of fused-ring (bicyclic) bond motifs is 1. The third-order valence-electron chi connectivity index (χ3n) is 5.24. The average molecular weight is 372 g/mol. The number of para-hydroxylation sites is 1. The zero-order chi connectivity index (χ0) is 19.1. The molecule has 0 unspecified atom stereocenters. The first-order valence-corrected chi connectivity index (χ1v) is 10.3. The van der Waals surface area contributed by atoms with Crippen LogP contribution >= 0.6 is 0 Å². The minimum absolute atomic E-state index is 0.170. The lowest BCUT2D eigenvalue weighted by Gasteiger charge is -2.35. The van der Waals surface area contributed by atoms with Gasteiger partial charge in [-0.1, -0.05) is 18.2 Å². The number of carbonyl (C=O) groups is 1. The number of H-pyrrole nitrogens is 1. The molecule has 0 radical (unpaired) electrons. The number of aromatic nitrogens is 1. The lowest BCUT2D eigenvalue weighted by atomic mass is 10.1. The van der Waals surface area contributed by atoms with Gasteiger partial charge in [0.1, 0.15) is 0 Å². The second-order valence-corrected chi connectivity index (χ2v) is 7.79. The molecular formula is C22H33N3O2. The minimum atomic E-state index is 0.170. The number of morpholine rings is 1. The molecular weight excluding hydrogens is 338 g/mol. The van der Waals surface area contributed by atoms with Crippen LogP contribution in [0.5, 0.6) is 0 Å². The molecule has 1 aromatic heterocycles. The van der Waals surface area contributed by atoms with E-state index in [0.717, 1.165) is 51.9 Å². The van der Waals surface area contributed by atoms with E-state index in [2.05, 4.69) is 53.4 Å². The quantitative estimate of drug-likeness (QED) is 0.664. The molecule has 0 bridgehead atoms. The minimum Gasteiger partial charge on any atom is -0.373 e. The predicted octanol–water partition coefficient (Wildman–Crippen LogP) is 3.50. The van der Waals surface area contributed by atoms with Crippen LogP contribution < -0.4 is 5.32 Å². The van der Waals surface area contributed by atoms with Gasteiger partial charge in [0, 0.05) is 43.2 Å². The van der Waals surface area contributed by atoms with Crippen molar-refractivity contribution in [1.82, 2.24) is 15.2 Å². The van der Waals surface area contributed by atoms with Gasteiger partial charge in [0.15, 0.2) is 0 Å². The Morgan fingerprint density at radius 2 is 1.96 bits per heavy atom. The van der Waals surface area contributed by atoms with Crippen LogP contribution in [0.2, 0.25) is 0 Å². The number of benzene rings is 1. The van der Waals surface area contributed by atoms with Crippen LogP contribution in [0.1, 0.15) is 45.1 Å². The molecule has 1 aliphatic rings. The lowest BCUT2D eigenvalue weighted by molar-refractivity contribution is -0.121. The monoisotopic (exact) mass is 371 g/mol. The van der Waals surface area contributed by atoms with Gasteiger partial charge >= 0.3 is 0 Å². The summed E-state index contributed by atoms with van der Waals surface area (Å²) in [5.41, 5.74) is 2.47. The van der Waals surface area contributed by atoms with Crippen molar-refractivity contribution in [2.45, 2.75) is 58.2 Å². The number of hydrogen-bond donors (Lipinski definition) is 2. The van der Waals surface area contributed by atoms with E-state index in [1.807, 2.05) is 6.07 Å². The molecule has 1 aliphatic heterocycles. The van der Waals surface area contributed by atoms with Crippen LogP contribution in [0, 0.1) is 0 Å². The number of hydrogen-bond acceptors (Lipinski definition) is 3. The highest BCUT2D eigenvalue weighted by atomic mass is 16.5. The third-order valence-corrected chi connectivity index (χ3v) is 5.24. The van der Waals surface area contributed by atoms with E-state index in [9.17, 15) is 4.79 Å². The highest BCUT2D eigenvalue weighted by molar-refractivity contribution is 5.83. The van der Waals surface area contributed by atoms with E-state index in [4.69, 9.17) is 4.74 Å². The number of ether oxygens (including phenoxy) is 1. The van der Waals surface area contributed by atoms with Crippen molar-refractivity contribution in [2.75, 3.05) is 26.2 Å². The zero-order valence-corrected chi connectivity index (χ0v) is 16.7. The molecule has 1 aromatic carbocycles. The number of aryl methyl sites for hydroxylation is 1. The number of nitrogens with one attached hydrogen (secondary N) is 2. The summed E-state index contributed by atoms with van der Waals surface area (Å²) in [4.78, 5) is 17.8. The first-order chi connectivity index (χ1) is 13.1. The second-order valence-electron chi connectivity index (χ2n) is 7.79. The number of nitrogens with zero attached hydrogens (tertiary/aromatic N) is 1. The van der Waals surface area contributed by atoms with E-state index < -0.39 is 0 Å². The van der Waals surface area contributed by atoms with Crippen molar-refractivity contribution < 1.29 is 9.53 Å². The van der Waals surface area contributed by atoms with Crippen LogP contribution in [0.4, 0.5) is 0 Å². The van der Waals surface area contributed by atoms with Gasteiger partial charge in [-0.15, -0.1) is 0 Å². The Morgan fingerprint density at radius 1 is 1.19 bits per heavy atom. The molecule has 2 N–H and O–H groups in total. The summed E-state index contributed by atoms with van der Waals surface area (Å²) in [7, 11) is 0. The summed E-state index contributed by atoms with van der Waals surface area (Å²) in [6, 6.07) is 8.32. The third kappa shape index (κ3) is 6.08. The Labute approximate surface area is 162 Å². The van der Waals surface area contributed by atoms with Gasteiger partial charge in [-0.3, -0.25) is 9.69 Å². The molecule has 0 aliphatic carbocycles. The maximum atomic E-state index is 12.0. The van der Waals surface area contributed by atoms with Crippen LogP contribution in [0.25, 0.3) is 10.9 Å². The maximum Gasteiger partial charge on any atom is 0.220 e. The fourth-order valence-electron chi connectivity index (χ4n) is 4.02. The fourth-order valence-corrected chi connectivity index (χ4v) is 4.02. The zero-order valence-electron chi connectivity index (χ0n) is 16.7. The molecule has 2 atom stereocenters. The summed E-state index contributed by atoms with van der Waals surface area (Å²) >= 11 is 0. The maximum absolute atomic E-state index is 12.0. The largest absolute Gasteiger partial charge is 0.373 e. The number of amides is 1. The first kappa shape index (κ1) is 19.9. The van der Waals surface area contributed by atoms with Gasteiger partial charge < -0.3 is 15.0 Å². The Bertz CT molecular complexity index is 717. The smallest absolute Gasteiger partial charge is 0.220 e. The Kier molecular flexibility index (Phi) is 7.30. The SMILES string of the molecule is C[C@@H]1CN(CCCCNC(=O)CCCc2c[nH]c3ccccc23)C[C@H](C)O1. The molecule has 1 amide bonds. The number of unbranched alkanes of at least 4 members (excludes halogenated alkanes) is 1.